The molecule has 5 heteroatoms. The van der Waals surface area contributed by atoms with Crippen LogP contribution in [0.4, 0.5) is 17.1 Å². The number of halogens is 1. The van der Waals surface area contributed by atoms with Gasteiger partial charge in [0, 0.05) is 42.5 Å². The van der Waals surface area contributed by atoms with Crippen molar-refractivity contribution in [1.29, 1.82) is 0 Å². The predicted molar refractivity (Wildman–Crippen MR) is 133 cm³/mol. The second-order valence-electron chi connectivity index (χ2n) is 8.68. The Bertz CT molecular complexity index is 1200. The summed E-state index contributed by atoms with van der Waals surface area (Å²) in [5, 5.41) is 7.94. The number of anilines is 3. The minimum Gasteiger partial charge on any atom is -0.378 e. The topological polar surface area (TPSA) is 44.4 Å². The van der Waals surface area contributed by atoms with E-state index in [9.17, 15) is 4.79 Å². The van der Waals surface area contributed by atoms with Crippen LogP contribution in [0.3, 0.4) is 0 Å². The van der Waals surface area contributed by atoms with Gasteiger partial charge in [-0.05, 0) is 53.8 Å². The Labute approximate surface area is 193 Å². The molecule has 5 rings (SSSR count). The third-order valence-corrected chi connectivity index (χ3v) is 6.74. The highest BCUT2D eigenvalue weighted by atomic mass is 35.5. The molecule has 0 amide bonds. The molecule has 0 fully saturated rings. The summed E-state index contributed by atoms with van der Waals surface area (Å²) >= 11 is 6.49. The van der Waals surface area contributed by atoms with Crippen LogP contribution in [0.5, 0.6) is 0 Å². The molecule has 2 aliphatic rings. The highest BCUT2D eigenvalue weighted by Crippen LogP contribution is 2.45. The van der Waals surface area contributed by atoms with E-state index in [-0.39, 0.29) is 17.7 Å². The van der Waals surface area contributed by atoms with Crippen molar-refractivity contribution in [2.24, 2.45) is 0 Å². The van der Waals surface area contributed by atoms with Crippen molar-refractivity contribution in [3.63, 3.8) is 0 Å². The number of ketones is 1. The number of allylic oxidation sites excluding steroid dienone is 1. The van der Waals surface area contributed by atoms with Crippen LogP contribution in [0.25, 0.3) is 0 Å². The third-order valence-electron chi connectivity index (χ3n) is 6.40. The highest BCUT2D eigenvalue weighted by Gasteiger charge is 2.36. The molecule has 1 aliphatic carbocycles. The molecule has 32 heavy (non-hydrogen) atoms. The summed E-state index contributed by atoms with van der Waals surface area (Å²) in [6, 6.07) is 24.2. The number of Topliss-reactive ketones (excluding diaryl/α,β-unsaturated/α-hetero) is 1. The number of carbonyl (C=O) groups is 1. The standard InChI is InChI=1S/C27H26ClN3O/c1-31(2)19-13-11-17(12-14-19)27-26-24(29-22-9-5-6-10-23(22)30-27)15-18(16-25(26)32)20-7-3-4-8-21(20)28/h3-14,18,27,29-30H,15-16H2,1-2H3. The van der Waals surface area contributed by atoms with Gasteiger partial charge in [0.25, 0.3) is 0 Å². The Morgan fingerprint density at radius 2 is 1.56 bits per heavy atom. The van der Waals surface area contributed by atoms with Crippen LogP contribution in [-0.2, 0) is 4.79 Å². The maximum Gasteiger partial charge on any atom is 0.163 e. The van der Waals surface area contributed by atoms with E-state index in [2.05, 4.69) is 45.9 Å². The minimum atomic E-state index is -0.211. The van der Waals surface area contributed by atoms with Crippen LogP contribution < -0.4 is 15.5 Å². The maximum absolute atomic E-state index is 13.6. The predicted octanol–water partition coefficient (Wildman–Crippen LogP) is 6.39. The number of carbonyl (C=O) groups excluding carboxylic acids is 1. The van der Waals surface area contributed by atoms with Gasteiger partial charge in [0.2, 0.25) is 0 Å². The Kier molecular flexibility index (Phi) is 5.40. The van der Waals surface area contributed by atoms with Crippen molar-refractivity contribution in [3.8, 4) is 0 Å². The molecule has 0 saturated heterocycles. The summed E-state index contributed by atoms with van der Waals surface area (Å²) in [5.41, 5.74) is 7.02. The van der Waals surface area contributed by atoms with E-state index >= 15 is 0 Å². The zero-order chi connectivity index (χ0) is 22.2. The lowest BCUT2D eigenvalue weighted by Crippen LogP contribution is -2.27. The van der Waals surface area contributed by atoms with Gasteiger partial charge >= 0.3 is 0 Å². The molecule has 1 aliphatic heterocycles. The largest absolute Gasteiger partial charge is 0.378 e. The number of nitrogens with one attached hydrogen (secondary N) is 2. The van der Waals surface area contributed by atoms with Crippen molar-refractivity contribution in [2.45, 2.75) is 24.8 Å². The molecule has 2 unspecified atom stereocenters. The number of fused-ring (bicyclic) bond motifs is 1. The molecule has 0 spiro atoms. The van der Waals surface area contributed by atoms with E-state index in [0.29, 0.717) is 6.42 Å². The summed E-state index contributed by atoms with van der Waals surface area (Å²) in [6.45, 7) is 0. The molecule has 2 N–H and O–H groups in total. The zero-order valence-electron chi connectivity index (χ0n) is 18.2. The number of hydrogen-bond donors (Lipinski definition) is 2. The van der Waals surface area contributed by atoms with Gasteiger partial charge in [-0.25, -0.2) is 0 Å². The fourth-order valence-corrected chi connectivity index (χ4v) is 5.02. The second kappa shape index (κ2) is 8.36. The number of benzene rings is 3. The summed E-state index contributed by atoms with van der Waals surface area (Å²) in [4.78, 5) is 15.7. The highest BCUT2D eigenvalue weighted by molar-refractivity contribution is 6.31. The lowest BCUT2D eigenvalue weighted by molar-refractivity contribution is -0.116. The smallest absolute Gasteiger partial charge is 0.163 e. The SMILES string of the molecule is CN(C)c1ccc(C2Nc3ccccc3NC3=C2C(=O)CC(c2ccccc2Cl)C3)cc1. The van der Waals surface area contributed by atoms with Gasteiger partial charge in [-0.1, -0.05) is 54.1 Å². The maximum atomic E-state index is 13.6. The molecule has 0 bridgehead atoms. The van der Waals surface area contributed by atoms with Crippen molar-refractivity contribution in [3.05, 3.63) is 100 Å². The van der Waals surface area contributed by atoms with Crippen molar-refractivity contribution in [2.75, 3.05) is 29.6 Å². The van der Waals surface area contributed by atoms with E-state index in [1.807, 2.05) is 56.6 Å². The molecular formula is C27H26ClN3O. The minimum absolute atomic E-state index is 0.0597. The summed E-state index contributed by atoms with van der Waals surface area (Å²) in [6.07, 6.45) is 1.20. The normalized spacial score (nSPS) is 19.9. The van der Waals surface area contributed by atoms with Crippen molar-refractivity contribution >= 4 is 34.4 Å². The summed E-state index contributed by atoms with van der Waals surface area (Å²) in [5.74, 6) is 0.218. The van der Waals surface area contributed by atoms with Crippen LogP contribution in [0.2, 0.25) is 5.02 Å². The Morgan fingerprint density at radius 3 is 2.28 bits per heavy atom. The average Bonchev–Trinajstić information content (AvgIpc) is 2.96. The fourth-order valence-electron chi connectivity index (χ4n) is 4.73. The molecule has 1 heterocycles. The molecule has 3 aromatic rings. The Morgan fingerprint density at radius 1 is 0.875 bits per heavy atom. The van der Waals surface area contributed by atoms with Crippen LogP contribution in [0.1, 0.15) is 35.9 Å². The first kappa shape index (κ1) is 20.7. The first-order valence-electron chi connectivity index (χ1n) is 10.9. The number of nitrogens with zero attached hydrogens (tertiary/aromatic N) is 1. The summed E-state index contributed by atoms with van der Waals surface area (Å²) < 4.78 is 0. The number of hydrogen-bond acceptors (Lipinski definition) is 4. The van der Waals surface area contributed by atoms with E-state index in [0.717, 1.165) is 50.9 Å². The monoisotopic (exact) mass is 443 g/mol. The van der Waals surface area contributed by atoms with E-state index in [1.165, 1.54) is 0 Å². The number of para-hydroxylation sites is 2. The molecule has 0 saturated carbocycles. The lowest BCUT2D eigenvalue weighted by atomic mass is 9.78. The van der Waals surface area contributed by atoms with E-state index < -0.39 is 0 Å². The van der Waals surface area contributed by atoms with Gasteiger partial charge in [0.05, 0.1) is 17.4 Å². The Hall–Kier alpha value is -3.24. The van der Waals surface area contributed by atoms with Gasteiger partial charge in [-0.2, -0.15) is 0 Å². The Balaban J connectivity index is 1.60. The van der Waals surface area contributed by atoms with Crippen LogP contribution in [0.15, 0.2) is 84.1 Å². The van der Waals surface area contributed by atoms with Crippen molar-refractivity contribution < 1.29 is 4.79 Å². The molecular weight excluding hydrogens is 418 g/mol. The number of rotatable bonds is 3. The first-order chi connectivity index (χ1) is 15.5. The van der Waals surface area contributed by atoms with Crippen LogP contribution in [0, 0.1) is 0 Å². The van der Waals surface area contributed by atoms with Gasteiger partial charge in [-0.15, -0.1) is 0 Å². The van der Waals surface area contributed by atoms with Crippen molar-refractivity contribution in [1.82, 2.24) is 0 Å². The fraction of sp³-hybridized carbons (Fsp3) is 0.222. The van der Waals surface area contributed by atoms with Gasteiger partial charge in [-0.3, -0.25) is 4.79 Å². The third kappa shape index (κ3) is 3.76. The lowest BCUT2D eigenvalue weighted by Gasteiger charge is -2.30. The van der Waals surface area contributed by atoms with Gasteiger partial charge in [0.15, 0.2) is 5.78 Å². The quantitative estimate of drug-likeness (QED) is 0.492. The van der Waals surface area contributed by atoms with Crippen LogP contribution >= 0.6 is 11.6 Å². The molecule has 2 atom stereocenters. The van der Waals surface area contributed by atoms with Gasteiger partial charge in [0.1, 0.15) is 0 Å². The average molecular weight is 444 g/mol. The molecule has 0 radical (unpaired) electrons. The molecule has 162 valence electrons. The zero-order valence-corrected chi connectivity index (χ0v) is 19.0. The van der Waals surface area contributed by atoms with Crippen LogP contribution in [-0.4, -0.2) is 19.9 Å². The first-order valence-corrected chi connectivity index (χ1v) is 11.3. The van der Waals surface area contributed by atoms with Gasteiger partial charge < -0.3 is 15.5 Å². The second-order valence-corrected chi connectivity index (χ2v) is 9.08. The van der Waals surface area contributed by atoms with E-state index in [4.69, 9.17) is 11.6 Å². The molecule has 0 aromatic heterocycles. The van der Waals surface area contributed by atoms with E-state index in [1.54, 1.807) is 0 Å². The molecule has 4 nitrogen and oxygen atoms in total. The molecule has 3 aromatic carbocycles. The summed E-state index contributed by atoms with van der Waals surface area (Å²) in [7, 11) is 4.05.